The monoisotopic (exact) mass is 355 g/mol. The Morgan fingerprint density at radius 1 is 1.36 bits per heavy atom. The summed E-state index contributed by atoms with van der Waals surface area (Å²) in [5.41, 5.74) is 1.98. The molecular formula is C17H17N5O2S. The van der Waals surface area contributed by atoms with E-state index in [2.05, 4.69) is 20.3 Å². The number of thiophene rings is 1. The first-order chi connectivity index (χ1) is 12.1. The van der Waals surface area contributed by atoms with Gasteiger partial charge in [-0.15, -0.1) is 11.3 Å². The van der Waals surface area contributed by atoms with Crippen molar-refractivity contribution in [3.63, 3.8) is 0 Å². The Kier molecular flexibility index (Phi) is 4.06. The van der Waals surface area contributed by atoms with Gasteiger partial charge in [0, 0.05) is 19.3 Å². The van der Waals surface area contributed by atoms with Crippen LogP contribution in [0.2, 0.25) is 0 Å². The predicted octanol–water partition coefficient (Wildman–Crippen LogP) is 2.08. The van der Waals surface area contributed by atoms with Crippen molar-refractivity contribution in [2.75, 3.05) is 18.4 Å². The molecule has 4 heterocycles. The molecule has 1 aliphatic rings. The number of fused-ring (bicyclic) bond motifs is 1. The highest BCUT2D eigenvalue weighted by Crippen LogP contribution is 2.27. The van der Waals surface area contributed by atoms with Gasteiger partial charge in [-0.1, -0.05) is 6.07 Å². The highest BCUT2D eigenvalue weighted by molar-refractivity contribution is 7.17. The van der Waals surface area contributed by atoms with Crippen molar-refractivity contribution in [1.82, 2.24) is 19.9 Å². The summed E-state index contributed by atoms with van der Waals surface area (Å²) in [6.07, 6.45) is 1.30. The molecule has 0 aromatic carbocycles. The van der Waals surface area contributed by atoms with E-state index in [-0.39, 0.29) is 11.9 Å². The van der Waals surface area contributed by atoms with Crippen LogP contribution in [-0.4, -0.2) is 50.1 Å². The molecular weight excluding hydrogens is 338 g/mol. The minimum Gasteiger partial charge on any atom is -0.389 e. The molecule has 7 nitrogen and oxygen atoms in total. The molecule has 1 amide bonds. The molecule has 1 unspecified atom stereocenters. The number of anilines is 1. The quantitative estimate of drug-likeness (QED) is 0.744. The molecule has 3 aromatic rings. The highest BCUT2D eigenvalue weighted by Gasteiger charge is 2.32. The van der Waals surface area contributed by atoms with E-state index in [1.807, 2.05) is 36.6 Å². The van der Waals surface area contributed by atoms with E-state index in [0.717, 1.165) is 15.9 Å². The van der Waals surface area contributed by atoms with Gasteiger partial charge in [-0.3, -0.25) is 9.78 Å². The summed E-state index contributed by atoms with van der Waals surface area (Å²) in [5, 5.41) is 14.6. The van der Waals surface area contributed by atoms with Crippen LogP contribution in [-0.2, 0) is 0 Å². The van der Waals surface area contributed by atoms with Crippen LogP contribution in [0, 0.1) is 0 Å². The van der Waals surface area contributed by atoms with Gasteiger partial charge in [-0.2, -0.15) is 0 Å². The zero-order valence-electron chi connectivity index (χ0n) is 13.6. The van der Waals surface area contributed by atoms with Crippen LogP contribution in [0.25, 0.3) is 10.2 Å². The average Bonchev–Trinajstić information content (AvgIpc) is 3.07. The molecule has 0 bridgehead atoms. The van der Waals surface area contributed by atoms with Crippen molar-refractivity contribution in [1.29, 1.82) is 0 Å². The number of likely N-dealkylation sites (tertiary alicyclic amines) is 1. The minimum absolute atomic E-state index is 0.0916. The molecule has 0 aliphatic carbocycles. The maximum absolute atomic E-state index is 12.7. The molecule has 0 spiro atoms. The van der Waals surface area contributed by atoms with Gasteiger partial charge in [-0.25, -0.2) is 9.97 Å². The summed E-state index contributed by atoms with van der Waals surface area (Å²) < 4.78 is 0.766. The van der Waals surface area contributed by atoms with Gasteiger partial charge >= 0.3 is 0 Å². The van der Waals surface area contributed by atoms with E-state index < -0.39 is 6.10 Å². The number of pyridine rings is 1. The molecule has 128 valence electrons. The Labute approximate surface area is 148 Å². The fourth-order valence-electron chi connectivity index (χ4n) is 2.74. The van der Waals surface area contributed by atoms with Gasteiger partial charge in [0.15, 0.2) is 5.69 Å². The summed E-state index contributed by atoms with van der Waals surface area (Å²) in [6.45, 7) is 2.67. The smallest absolute Gasteiger partial charge is 0.274 e. The Bertz CT molecular complexity index is 908. The highest BCUT2D eigenvalue weighted by atomic mass is 32.1. The molecule has 1 fully saturated rings. The van der Waals surface area contributed by atoms with Gasteiger partial charge in [-0.05, 0) is 30.5 Å². The number of β-amino-alcohol motifs (C(OH)–C–C–N with tert-alkyl or cyclic N) is 1. The van der Waals surface area contributed by atoms with Crippen LogP contribution in [0.4, 0.5) is 5.95 Å². The summed E-state index contributed by atoms with van der Waals surface area (Å²) in [7, 11) is 0. The topological polar surface area (TPSA) is 91.2 Å². The van der Waals surface area contributed by atoms with E-state index in [4.69, 9.17) is 0 Å². The lowest BCUT2D eigenvalue weighted by molar-refractivity contribution is 0.00567. The van der Waals surface area contributed by atoms with Crippen LogP contribution in [0.1, 0.15) is 29.1 Å². The number of nitrogens with one attached hydrogen (secondary N) is 1. The van der Waals surface area contributed by atoms with Crippen LogP contribution in [0.15, 0.2) is 35.8 Å². The molecule has 25 heavy (non-hydrogen) atoms. The van der Waals surface area contributed by atoms with Gasteiger partial charge in [0.1, 0.15) is 0 Å². The van der Waals surface area contributed by atoms with Gasteiger partial charge in [0.25, 0.3) is 5.91 Å². The normalized spacial score (nSPS) is 15.8. The molecule has 1 aliphatic heterocycles. The standard InChI is InChI=1S/C17H17N5O2S/c1-10(12-4-2-3-6-18-12)19-17-20-13-5-7-25-15(13)14(21-17)16(24)22-8-11(23)9-22/h2-7,10-11,23H,8-9H2,1H3,(H,19,20,21). The predicted molar refractivity (Wildman–Crippen MR) is 95.6 cm³/mol. The molecule has 3 aromatic heterocycles. The van der Waals surface area contributed by atoms with Crippen LogP contribution in [0.3, 0.4) is 0 Å². The Hall–Kier alpha value is -2.58. The van der Waals surface area contributed by atoms with E-state index in [1.165, 1.54) is 11.3 Å². The number of nitrogens with zero attached hydrogens (tertiary/aromatic N) is 4. The number of amides is 1. The second-order valence-electron chi connectivity index (χ2n) is 6.02. The fraction of sp³-hybridized carbons (Fsp3) is 0.294. The lowest BCUT2D eigenvalue weighted by atomic mass is 10.1. The summed E-state index contributed by atoms with van der Waals surface area (Å²) in [4.78, 5) is 27.6. The third-order valence-corrected chi connectivity index (χ3v) is 5.04. The molecule has 1 atom stereocenters. The van der Waals surface area contributed by atoms with E-state index in [9.17, 15) is 9.90 Å². The molecule has 0 radical (unpaired) electrons. The molecule has 1 saturated heterocycles. The number of hydrogen-bond donors (Lipinski definition) is 2. The van der Waals surface area contributed by atoms with Crippen LogP contribution >= 0.6 is 11.3 Å². The van der Waals surface area contributed by atoms with Crippen LogP contribution < -0.4 is 5.32 Å². The third kappa shape index (κ3) is 3.06. The van der Waals surface area contributed by atoms with Crippen LogP contribution in [0.5, 0.6) is 0 Å². The average molecular weight is 355 g/mol. The zero-order chi connectivity index (χ0) is 17.4. The first kappa shape index (κ1) is 15.9. The Morgan fingerprint density at radius 2 is 2.20 bits per heavy atom. The van der Waals surface area contributed by atoms with Crippen molar-refractivity contribution in [2.45, 2.75) is 19.1 Å². The van der Waals surface area contributed by atoms with Crippen molar-refractivity contribution < 1.29 is 9.90 Å². The number of aromatic nitrogens is 3. The van der Waals surface area contributed by atoms with E-state index >= 15 is 0 Å². The number of aliphatic hydroxyl groups is 1. The second kappa shape index (κ2) is 6.38. The minimum atomic E-state index is -0.439. The fourth-order valence-corrected chi connectivity index (χ4v) is 3.56. The molecule has 0 saturated carbocycles. The van der Waals surface area contributed by atoms with E-state index in [1.54, 1.807) is 11.1 Å². The third-order valence-electron chi connectivity index (χ3n) is 4.13. The summed E-state index contributed by atoms with van der Waals surface area (Å²) in [5.74, 6) is 0.224. The SMILES string of the molecule is CC(Nc1nc(C(=O)N2CC(O)C2)c2sccc2n1)c1ccccn1. The lowest BCUT2D eigenvalue weighted by Crippen LogP contribution is -2.53. The van der Waals surface area contributed by atoms with Crippen molar-refractivity contribution in [2.24, 2.45) is 0 Å². The van der Waals surface area contributed by atoms with Crippen molar-refractivity contribution >= 4 is 33.4 Å². The molecule has 8 heteroatoms. The number of rotatable bonds is 4. The first-order valence-electron chi connectivity index (χ1n) is 8.02. The van der Waals surface area contributed by atoms with Crippen molar-refractivity contribution in [3.8, 4) is 0 Å². The molecule has 4 rings (SSSR count). The molecule has 2 N–H and O–H groups in total. The second-order valence-corrected chi connectivity index (χ2v) is 6.93. The summed E-state index contributed by atoms with van der Waals surface area (Å²) in [6, 6.07) is 7.50. The van der Waals surface area contributed by atoms with Gasteiger partial charge in [0.2, 0.25) is 5.95 Å². The largest absolute Gasteiger partial charge is 0.389 e. The maximum atomic E-state index is 12.7. The number of carbonyl (C=O) groups is 1. The first-order valence-corrected chi connectivity index (χ1v) is 8.90. The number of aliphatic hydroxyl groups excluding tert-OH is 1. The zero-order valence-corrected chi connectivity index (χ0v) is 14.4. The summed E-state index contributed by atoms with van der Waals surface area (Å²) >= 11 is 1.44. The van der Waals surface area contributed by atoms with Crippen molar-refractivity contribution in [3.05, 3.63) is 47.2 Å². The lowest BCUT2D eigenvalue weighted by Gasteiger charge is -2.35. The van der Waals surface area contributed by atoms with Gasteiger partial charge in [0.05, 0.1) is 28.1 Å². The van der Waals surface area contributed by atoms with Gasteiger partial charge < -0.3 is 15.3 Å². The Morgan fingerprint density at radius 3 is 2.92 bits per heavy atom. The number of carbonyl (C=O) groups excluding carboxylic acids is 1. The maximum Gasteiger partial charge on any atom is 0.274 e. The Balaban J connectivity index is 1.65. The van der Waals surface area contributed by atoms with E-state index in [0.29, 0.717) is 24.7 Å². The number of hydrogen-bond acceptors (Lipinski definition) is 7.